The first-order valence-corrected chi connectivity index (χ1v) is 7.20. The molecule has 0 saturated heterocycles. The molecule has 0 aliphatic heterocycles. The first kappa shape index (κ1) is 13.9. The Morgan fingerprint density at radius 3 is 2.79 bits per heavy atom. The van der Waals surface area contributed by atoms with Gasteiger partial charge in [0, 0.05) is 0 Å². The molecule has 0 spiro atoms. The van der Waals surface area contributed by atoms with Crippen LogP contribution in [0.2, 0.25) is 0 Å². The van der Waals surface area contributed by atoms with Crippen molar-refractivity contribution in [2.45, 2.75) is 50.9 Å². The molecule has 1 saturated carbocycles. The summed E-state index contributed by atoms with van der Waals surface area (Å²) in [4.78, 5) is 10.2. The summed E-state index contributed by atoms with van der Waals surface area (Å²) >= 11 is 0. The van der Waals surface area contributed by atoms with E-state index in [4.69, 9.17) is 5.11 Å². The van der Waals surface area contributed by atoms with Crippen LogP contribution in [0, 0.1) is 0 Å². The molecule has 1 aromatic carbocycles. The van der Waals surface area contributed by atoms with Crippen molar-refractivity contribution in [3.63, 3.8) is 0 Å². The van der Waals surface area contributed by atoms with E-state index in [9.17, 15) is 4.79 Å². The highest BCUT2D eigenvalue weighted by molar-refractivity contribution is 5.56. The Bertz CT molecular complexity index is 408. The summed E-state index contributed by atoms with van der Waals surface area (Å²) in [6, 6.07) is 8.76. The Kier molecular flexibility index (Phi) is 5.25. The molecule has 1 fully saturated rings. The fraction of sp³-hybridized carbons (Fsp3) is 0.562. The highest BCUT2D eigenvalue weighted by atomic mass is 16.7. The largest absolute Gasteiger partial charge is 0.505 e. The molecule has 3 nitrogen and oxygen atoms in total. The van der Waals surface area contributed by atoms with Crippen LogP contribution in [0.5, 0.6) is 0 Å². The monoisotopic (exact) mass is 262 g/mol. The molecule has 1 aliphatic rings. The standard InChI is InChI=1S/C16H22O3/c17-16(18)19-11-5-7-13-6-4-10-15(12-13)14-8-2-1-3-9-14/h4,6,10,12,14H,1-3,5,7-9,11H2,(H,17,18). The molecule has 0 atom stereocenters. The van der Waals surface area contributed by atoms with E-state index in [1.165, 1.54) is 43.2 Å². The van der Waals surface area contributed by atoms with Gasteiger partial charge in [-0.15, -0.1) is 0 Å². The van der Waals surface area contributed by atoms with E-state index in [2.05, 4.69) is 29.0 Å². The first-order chi connectivity index (χ1) is 9.25. The van der Waals surface area contributed by atoms with Crippen molar-refractivity contribution in [3.8, 4) is 0 Å². The number of aryl methyl sites for hydroxylation is 1. The van der Waals surface area contributed by atoms with Crippen LogP contribution >= 0.6 is 0 Å². The van der Waals surface area contributed by atoms with Crippen LogP contribution in [0.3, 0.4) is 0 Å². The Hall–Kier alpha value is -1.51. The van der Waals surface area contributed by atoms with Crippen molar-refractivity contribution in [1.29, 1.82) is 0 Å². The molecule has 104 valence electrons. The first-order valence-electron chi connectivity index (χ1n) is 7.20. The van der Waals surface area contributed by atoms with Crippen LogP contribution in [-0.4, -0.2) is 17.9 Å². The molecule has 1 aromatic rings. The third-order valence-electron chi connectivity index (χ3n) is 3.86. The topological polar surface area (TPSA) is 46.5 Å². The zero-order valence-electron chi connectivity index (χ0n) is 11.3. The van der Waals surface area contributed by atoms with Gasteiger partial charge in [0.25, 0.3) is 0 Å². The molecule has 0 heterocycles. The smallest absolute Gasteiger partial charge is 0.450 e. The molecule has 19 heavy (non-hydrogen) atoms. The minimum Gasteiger partial charge on any atom is -0.450 e. The van der Waals surface area contributed by atoms with E-state index >= 15 is 0 Å². The van der Waals surface area contributed by atoms with Crippen LogP contribution in [0.1, 0.15) is 55.6 Å². The predicted molar refractivity (Wildman–Crippen MR) is 74.6 cm³/mol. The quantitative estimate of drug-likeness (QED) is 0.633. The Morgan fingerprint density at radius 2 is 2.05 bits per heavy atom. The Balaban J connectivity index is 1.85. The SMILES string of the molecule is O=C(O)OCCCc1cccc(C2CCCCC2)c1. The van der Waals surface area contributed by atoms with E-state index in [1.807, 2.05) is 0 Å². The van der Waals surface area contributed by atoms with Gasteiger partial charge in [0.05, 0.1) is 6.61 Å². The Morgan fingerprint density at radius 1 is 1.26 bits per heavy atom. The van der Waals surface area contributed by atoms with Crippen molar-refractivity contribution >= 4 is 6.16 Å². The van der Waals surface area contributed by atoms with Gasteiger partial charge in [-0.1, -0.05) is 43.5 Å². The average molecular weight is 262 g/mol. The molecular formula is C16H22O3. The number of hydrogen-bond acceptors (Lipinski definition) is 2. The number of hydrogen-bond donors (Lipinski definition) is 1. The molecule has 0 aromatic heterocycles. The highest BCUT2D eigenvalue weighted by Crippen LogP contribution is 2.32. The summed E-state index contributed by atoms with van der Waals surface area (Å²) in [6.07, 6.45) is 7.15. The van der Waals surface area contributed by atoms with Crippen LogP contribution in [-0.2, 0) is 11.2 Å². The summed E-state index contributed by atoms with van der Waals surface area (Å²) < 4.78 is 4.53. The van der Waals surface area contributed by atoms with Gasteiger partial charge in [-0.2, -0.15) is 0 Å². The lowest BCUT2D eigenvalue weighted by Crippen LogP contribution is -2.05. The summed E-state index contributed by atoms with van der Waals surface area (Å²) in [5.41, 5.74) is 2.74. The molecule has 0 amide bonds. The molecule has 1 aliphatic carbocycles. The van der Waals surface area contributed by atoms with Gasteiger partial charge < -0.3 is 9.84 Å². The maximum absolute atomic E-state index is 10.2. The fourth-order valence-corrected chi connectivity index (χ4v) is 2.87. The minimum atomic E-state index is -1.18. The second-order valence-electron chi connectivity index (χ2n) is 5.30. The number of carbonyl (C=O) groups is 1. The fourth-order valence-electron chi connectivity index (χ4n) is 2.87. The highest BCUT2D eigenvalue weighted by Gasteiger charge is 2.15. The molecular weight excluding hydrogens is 240 g/mol. The van der Waals surface area contributed by atoms with Gasteiger partial charge >= 0.3 is 6.16 Å². The van der Waals surface area contributed by atoms with E-state index in [0.717, 1.165) is 18.8 Å². The van der Waals surface area contributed by atoms with Gasteiger partial charge in [0.1, 0.15) is 0 Å². The van der Waals surface area contributed by atoms with Gasteiger partial charge in [-0.25, -0.2) is 4.79 Å². The van der Waals surface area contributed by atoms with E-state index in [1.54, 1.807) is 0 Å². The van der Waals surface area contributed by atoms with Gasteiger partial charge in [0.2, 0.25) is 0 Å². The molecule has 0 radical (unpaired) electrons. The molecule has 1 N–H and O–H groups in total. The number of benzene rings is 1. The molecule has 0 bridgehead atoms. The van der Waals surface area contributed by atoms with Crippen molar-refractivity contribution in [2.75, 3.05) is 6.61 Å². The third kappa shape index (κ3) is 4.58. The van der Waals surface area contributed by atoms with Crippen molar-refractivity contribution in [2.24, 2.45) is 0 Å². The van der Waals surface area contributed by atoms with Gasteiger partial charge in [-0.05, 0) is 42.7 Å². The summed E-state index contributed by atoms with van der Waals surface area (Å²) in [5.74, 6) is 0.726. The average Bonchev–Trinajstić information content (AvgIpc) is 2.45. The lowest BCUT2D eigenvalue weighted by molar-refractivity contribution is 0.0907. The minimum absolute atomic E-state index is 0.281. The van der Waals surface area contributed by atoms with Crippen LogP contribution < -0.4 is 0 Å². The second-order valence-corrected chi connectivity index (χ2v) is 5.30. The van der Waals surface area contributed by atoms with E-state index < -0.39 is 6.16 Å². The lowest BCUT2D eigenvalue weighted by atomic mass is 9.83. The second kappa shape index (κ2) is 7.17. The van der Waals surface area contributed by atoms with Crippen LogP contribution in [0.4, 0.5) is 4.79 Å². The van der Waals surface area contributed by atoms with Crippen molar-refractivity contribution < 1.29 is 14.6 Å². The number of ether oxygens (including phenoxy) is 1. The number of carboxylic acid groups (broad SMARTS) is 1. The molecule has 3 heteroatoms. The number of rotatable bonds is 5. The Labute approximate surface area is 114 Å². The predicted octanol–water partition coefficient (Wildman–Crippen LogP) is 4.36. The molecule has 0 unspecified atom stereocenters. The maximum atomic E-state index is 10.2. The van der Waals surface area contributed by atoms with Gasteiger partial charge in [0.15, 0.2) is 0 Å². The zero-order valence-corrected chi connectivity index (χ0v) is 11.3. The molecule has 2 rings (SSSR count). The van der Waals surface area contributed by atoms with Crippen LogP contribution in [0.25, 0.3) is 0 Å². The van der Waals surface area contributed by atoms with Crippen LogP contribution in [0.15, 0.2) is 24.3 Å². The zero-order chi connectivity index (χ0) is 13.5. The maximum Gasteiger partial charge on any atom is 0.505 e. The summed E-state index contributed by atoms with van der Waals surface area (Å²) in [6.45, 7) is 0.281. The normalized spacial score (nSPS) is 16.2. The third-order valence-corrected chi connectivity index (χ3v) is 3.86. The van der Waals surface area contributed by atoms with E-state index in [-0.39, 0.29) is 6.61 Å². The van der Waals surface area contributed by atoms with Crippen molar-refractivity contribution in [1.82, 2.24) is 0 Å². The lowest BCUT2D eigenvalue weighted by Gasteiger charge is -2.22. The van der Waals surface area contributed by atoms with E-state index in [0.29, 0.717) is 0 Å². The summed E-state index contributed by atoms with van der Waals surface area (Å²) in [7, 11) is 0. The van der Waals surface area contributed by atoms with Crippen molar-refractivity contribution in [3.05, 3.63) is 35.4 Å². The van der Waals surface area contributed by atoms with Gasteiger partial charge in [-0.3, -0.25) is 0 Å². The summed E-state index contributed by atoms with van der Waals surface area (Å²) in [5, 5.41) is 8.40.